The zero-order valence-corrected chi connectivity index (χ0v) is 55.0. The number of carbonyl (C=O) groups is 1. The van der Waals surface area contributed by atoms with Crippen LogP contribution in [0.2, 0.25) is 5.02 Å². The van der Waals surface area contributed by atoms with Crippen molar-refractivity contribution in [3.05, 3.63) is 200 Å². The maximum Gasteiger partial charge on any atom is 0.305 e. The molecule has 6 aromatic carbocycles. The van der Waals surface area contributed by atoms with E-state index in [0.717, 1.165) is 129 Å². The summed E-state index contributed by atoms with van der Waals surface area (Å²) in [6.45, 7) is 2.05. The summed E-state index contributed by atoms with van der Waals surface area (Å²) in [4.78, 5) is 20.0. The van der Waals surface area contributed by atoms with Crippen molar-refractivity contribution >= 4 is 151 Å². The summed E-state index contributed by atoms with van der Waals surface area (Å²) in [5.74, 6) is -0.354. The molecule has 3 aliphatic rings. The summed E-state index contributed by atoms with van der Waals surface area (Å²) in [6, 6.07) is 39.6. The highest BCUT2D eigenvalue weighted by Gasteiger charge is 2.30. The molecule has 3 N–H and O–H groups in total. The largest absolute Gasteiger partial charge is 0.466 e. The molecule has 8 aromatic rings. The number of ether oxygens (including phenoxy) is 1. The van der Waals surface area contributed by atoms with Crippen molar-refractivity contribution in [3.8, 4) is 0 Å². The van der Waals surface area contributed by atoms with Crippen molar-refractivity contribution in [1.82, 2.24) is 0 Å². The molecule has 2 aromatic heterocycles. The number of hydrogen-bond acceptors (Lipinski definition) is 16. The number of aromatic nitrogens is 2. The lowest BCUT2D eigenvalue weighted by atomic mass is 9.81. The first-order valence-electron chi connectivity index (χ1n) is 29.1. The molecule has 1 atom stereocenters. The Morgan fingerprint density at radius 3 is 2.28 bits per heavy atom. The topological polar surface area (TPSA) is 188 Å². The van der Waals surface area contributed by atoms with E-state index in [0.29, 0.717) is 43.2 Å². The lowest BCUT2D eigenvalue weighted by molar-refractivity contribution is -0.667. The van der Waals surface area contributed by atoms with Crippen LogP contribution in [0.4, 0.5) is 11.4 Å². The minimum absolute atomic E-state index is 0.188. The third-order valence-corrected chi connectivity index (χ3v) is 22.6. The predicted molar refractivity (Wildman–Crippen MR) is 360 cm³/mol. The molecular formula is C66H65ClN4O11S7+2. The van der Waals surface area contributed by atoms with Crippen molar-refractivity contribution in [3.63, 3.8) is 0 Å². The number of fused-ring (bicyclic) bond motifs is 6. The molecule has 4 heterocycles. The van der Waals surface area contributed by atoms with E-state index in [4.69, 9.17) is 21.6 Å². The van der Waals surface area contributed by atoms with Crippen LogP contribution in [0, 0.1) is 0 Å². The van der Waals surface area contributed by atoms with Crippen molar-refractivity contribution in [2.24, 2.45) is 7.05 Å². The number of allylic oxidation sites excluding steroid dienone is 8. The number of halogens is 1. The Bertz CT molecular complexity index is 4370. The minimum atomic E-state index is -4.43. The first-order valence-corrected chi connectivity index (χ1v) is 36.6. The zero-order valence-electron chi connectivity index (χ0n) is 48.5. The molecule has 23 heteroatoms. The second-order valence-electron chi connectivity index (χ2n) is 21.7. The maximum atomic E-state index is 13.0. The number of anilines is 2. The molecule has 0 saturated carbocycles. The Kier molecular flexibility index (Phi) is 21.3. The zero-order chi connectivity index (χ0) is 62.1. The Morgan fingerprint density at radius 1 is 0.742 bits per heavy atom. The van der Waals surface area contributed by atoms with Crippen LogP contribution in [0.5, 0.6) is 0 Å². The summed E-state index contributed by atoms with van der Waals surface area (Å²) >= 11 is 14.1. The van der Waals surface area contributed by atoms with E-state index < -0.39 is 20.2 Å². The fourth-order valence-electron chi connectivity index (χ4n) is 11.4. The molecule has 11 rings (SSSR count). The van der Waals surface area contributed by atoms with Crippen LogP contribution in [-0.2, 0) is 52.7 Å². The second-order valence-corrected chi connectivity index (χ2v) is 30.2. The van der Waals surface area contributed by atoms with Gasteiger partial charge in [-0.1, -0.05) is 148 Å². The molecular weight excluding hydrogens is 1280 g/mol. The van der Waals surface area contributed by atoms with Crippen molar-refractivity contribution in [2.45, 2.75) is 96.3 Å². The number of unbranched alkanes of at least 4 members (excludes halogenated alkanes) is 4. The number of carbonyl (C=O) groups excluding carboxylic acids is 1. The van der Waals surface area contributed by atoms with Gasteiger partial charge in [-0.05, 0) is 146 Å². The first-order chi connectivity index (χ1) is 43.0. The van der Waals surface area contributed by atoms with Gasteiger partial charge in [-0.3, -0.25) is 13.9 Å². The molecule has 2 aliphatic heterocycles. The lowest BCUT2D eigenvalue weighted by Crippen LogP contribution is -2.36. The minimum Gasteiger partial charge on any atom is -0.466 e. The van der Waals surface area contributed by atoms with Crippen LogP contribution < -0.4 is 18.9 Å². The molecule has 1 aliphatic carbocycles. The standard InChI is InChI=1S/C66H63ClN4O11S7/c1-68-54-43-51(87-82-81-73)26-30-57(54)83-61(68)21-8-5-9-22-62-69(56-44-52(89(77,78)79)27-31-59(56)84-62)33-14-12-23-65(72)80-35-15-3-2-13-32-70-55-42-50(67)25-29-58(55)85-63(70)40-45-37-46(39-49(38-45)47-17-6-4-7-18-47)41-64-71(34-16-36-88(74,75)76)66-53-20-11-10-19-48(53)24-28-60(66)86-64/h4-11,17-22,24-31,37,40-44,49H,2-3,12-16,23,32-36,38-39H2,1H3,(H-2,73,74,75,76,77,78,79)/p+2. The van der Waals surface area contributed by atoms with E-state index in [-0.39, 0.29) is 35.4 Å². The van der Waals surface area contributed by atoms with Gasteiger partial charge in [-0.2, -0.15) is 26.0 Å². The number of benzene rings is 6. The Morgan fingerprint density at radius 2 is 1.47 bits per heavy atom. The van der Waals surface area contributed by atoms with Gasteiger partial charge in [0.2, 0.25) is 11.0 Å². The van der Waals surface area contributed by atoms with Gasteiger partial charge in [-0.15, -0.1) is 4.33 Å². The molecule has 0 bridgehead atoms. The van der Waals surface area contributed by atoms with E-state index in [1.165, 1.54) is 40.6 Å². The van der Waals surface area contributed by atoms with Crippen LogP contribution in [0.25, 0.3) is 43.4 Å². The summed E-state index contributed by atoms with van der Waals surface area (Å²) in [5, 5.41) is 19.2. The number of thiazole rings is 2. The number of aryl methyl sites for hydroxylation is 2. The number of nitrogens with zero attached hydrogens (tertiary/aromatic N) is 4. The quantitative estimate of drug-likeness (QED) is 0.00678. The van der Waals surface area contributed by atoms with Crippen LogP contribution in [0.15, 0.2) is 199 Å². The average molecular weight is 1350 g/mol. The predicted octanol–water partition coefficient (Wildman–Crippen LogP) is 16.3. The van der Waals surface area contributed by atoms with Gasteiger partial charge in [0.25, 0.3) is 30.3 Å². The van der Waals surface area contributed by atoms with Crippen LogP contribution in [0.3, 0.4) is 0 Å². The number of esters is 1. The Labute approximate surface area is 543 Å². The van der Waals surface area contributed by atoms with Crippen molar-refractivity contribution in [1.29, 1.82) is 0 Å². The second kappa shape index (κ2) is 29.5. The summed E-state index contributed by atoms with van der Waals surface area (Å²) in [7, 11) is -6.60. The van der Waals surface area contributed by atoms with E-state index in [1.54, 1.807) is 40.5 Å². The smallest absolute Gasteiger partial charge is 0.305 e. The average Bonchev–Trinajstić information content (AvgIpc) is 2.67. The summed E-state index contributed by atoms with van der Waals surface area (Å²) in [6.07, 6.45) is 23.5. The molecule has 1 unspecified atom stereocenters. The van der Waals surface area contributed by atoms with Gasteiger partial charge >= 0.3 is 5.97 Å². The molecule has 0 spiro atoms. The highest BCUT2D eigenvalue weighted by molar-refractivity contribution is 8.04. The van der Waals surface area contributed by atoms with Gasteiger partial charge in [0.1, 0.15) is 16.4 Å². The van der Waals surface area contributed by atoms with Gasteiger partial charge in [0, 0.05) is 63.9 Å². The maximum absolute atomic E-state index is 13.0. The van der Waals surface area contributed by atoms with Gasteiger partial charge in [0.15, 0.2) is 6.54 Å². The van der Waals surface area contributed by atoms with Crippen molar-refractivity contribution < 1.29 is 59.2 Å². The number of rotatable bonds is 26. The fourth-order valence-corrected chi connectivity index (χ4v) is 17.4. The Balaban J connectivity index is 0.700. The highest BCUT2D eigenvalue weighted by Crippen LogP contribution is 2.50. The molecule has 0 saturated heterocycles. The van der Waals surface area contributed by atoms with Gasteiger partial charge < -0.3 is 14.5 Å². The molecule has 15 nitrogen and oxygen atoms in total. The monoisotopic (exact) mass is 1350 g/mol. The van der Waals surface area contributed by atoms with E-state index in [9.17, 15) is 30.7 Å². The van der Waals surface area contributed by atoms with Crippen LogP contribution in [-0.4, -0.2) is 62.6 Å². The fraction of sp³-hybridized carbons (Fsp3) is 0.258. The number of hydrogen-bond donors (Lipinski definition) is 3. The lowest BCUT2D eigenvalue weighted by Gasteiger charge is -2.25. The molecule has 462 valence electrons. The molecule has 89 heavy (non-hydrogen) atoms. The number of thioether (sulfide) groups is 2. The van der Waals surface area contributed by atoms with E-state index >= 15 is 0 Å². The Hall–Kier alpha value is -6.09. The summed E-state index contributed by atoms with van der Waals surface area (Å²) < 4.78 is 84.5. The highest BCUT2D eigenvalue weighted by atomic mass is 35.5. The third-order valence-electron chi connectivity index (χ3n) is 15.6. The SMILES string of the molecule is C[n+]1c(C=CC=CC=C2Sc3ccc(S(=O)(=O)O)cc3N2CCCCC(=O)OCCCCCCN2/C(=C/C3=CC(=C/c4sc5ccc6ccccc6c5[n+]4CCCS(=O)(=O)O)/CC(c4ccccc4)C3)Sc3ccc(Cl)cc32)sc2ccc(SOOO)cc21. The van der Waals surface area contributed by atoms with Crippen LogP contribution in [0.1, 0.15) is 85.7 Å². The normalized spacial score (nSPS) is 16.8. The van der Waals surface area contributed by atoms with Crippen LogP contribution >= 0.6 is 69.8 Å². The van der Waals surface area contributed by atoms with E-state index in [2.05, 4.69) is 96.2 Å². The van der Waals surface area contributed by atoms with Gasteiger partial charge in [-0.25, -0.2) is 5.26 Å². The molecule has 0 fully saturated rings. The van der Waals surface area contributed by atoms with Crippen molar-refractivity contribution in [2.75, 3.05) is 35.2 Å². The summed E-state index contributed by atoms with van der Waals surface area (Å²) in [5.41, 5.74) is 7.45. The van der Waals surface area contributed by atoms with E-state index in [1.807, 2.05) is 90.9 Å². The molecule has 0 amide bonds. The van der Waals surface area contributed by atoms with Gasteiger partial charge in [0.05, 0.1) is 56.1 Å². The first kappa shape index (κ1) is 64.4. The third kappa shape index (κ3) is 16.3. The molecule has 0 radical (unpaired) electrons.